The Labute approximate surface area is 100 Å². The first-order valence-electron chi connectivity index (χ1n) is 6.86. The molecule has 1 aliphatic heterocycles. The fourth-order valence-electron chi connectivity index (χ4n) is 3.45. The first-order valence-corrected chi connectivity index (χ1v) is 6.86. The highest BCUT2D eigenvalue weighted by molar-refractivity contribution is 4.90. The minimum atomic E-state index is 0.427. The minimum absolute atomic E-state index is 0.427. The summed E-state index contributed by atoms with van der Waals surface area (Å²) in [7, 11) is 0. The van der Waals surface area contributed by atoms with Crippen molar-refractivity contribution >= 4 is 0 Å². The Morgan fingerprint density at radius 3 is 2.19 bits per heavy atom. The molecule has 1 saturated heterocycles. The molecule has 94 valence electrons. The van der Waals surface area contributed by atoms with Crippen molar-refractivity contribution in [2.24, 2.45) is 5.41 Å². The van der Waals surface area contributed by atoms with E-state index in [-0.39, 0.29) is 0 Å². The van der Waals surface area contributed by atoms with E-state index in [1.165, 1.54) is 32.1 Å². The van der Waals surface area contributed by atoms with Gasteiger partial charge in [0.2, 0.25) is 0 Å². The van der Waals surface area contributed by atoms with E-state index >= 15 is 0 Å². The molecule has 0 aromatic heterocycles. The summed E-state index contributed by atoms with van der Waals surface area (Å²) in [5, 5.41) is 3.85. The molecule has 2 nitrogen and oxygen atoms in total. The van der Waals surface area contributed by atoms with Crippen molar-refractivity contribution in [1.29, 1.82) is 0 Å². The quantitative estimate of drug-likeness (QED) is 0.779. The molecular formula is C14H27NO. The van der Waals surface area contributed by atoms with E-state index in [1.54, 1.807) is 0 Å². The molecule has 2 rings (SSSR count). The smallest absolute Gasteiger partial charge is 0.0565 e. The first-order chi connectivity index (χ1) is 7.44. The average molecular weight is 225 g/mol. The molecule has 1 aliphatic carbocycles. The van der Waals surface area contributed by atoms with E-state index in [9.17, 15) is 0 Å². The van der Waals surface area contributed by atoms with E-state index in [2.05, 4.69) is 33.0 Å². The Morgan fingerprint density at radius 1 is 1.06 bits per heavy atom. The lowest BCUT2D eigenvalue weighted by atomic mass is 9.91. The fraction of sp³-hybridized carbons (Fsp3) is 1.00. The molecule has 0 spiro atoms. The van der Waals surface area contributed by atoms with Gasteiger partial charge in [-0.1, -0.05) is 13.8 Å². The Balaban J connectivity index is 1.81. The zero-order valence-electron chi connectivity index (χ0n) is 11.3. The van der Waals surface area contributed by atoms with Gasteiger partial charge in [-0.15, -0.1) is 0 Å². The normalized spacial score (nSPS) is 43.5. The van der Waals surface area contributed by atoms with Gasteiger partial charge in [0.25, 0.3) is 0 Å². The van der Waals surface area contributed by atoms with E-state index < -0.39 is 0 Å². The molecule has 2 fully saturated rings. The lowest BCUT2D eigenvalue weighted by Crippen LogP contribution is -2.45. The number of nitrogens with one attached hydrogen (secondary N) is 1. The number of rotatable bonds is 2. The molecule has 1 saturated carbocycles. The molecule has 3 unspecified atom stereocenters. The molecule has 1 heterocycles. The standard InChI is InChI=1S/C14H27NO/c1-10-7-13(8-11(2)16-10)15-12-5-6-14(3,4)9-12/h10-13,15H,5-9H2,1-4H3. The Morgan fingerprint density at radius 2 is 1.69 bits per heavy atom. The molecule has 2 heteroatoms. The summed E-state index contributed by atoms with van der Waals surface area (Å²) < 4.78 is 5.78. The van der Waals surface area contributed by atoms with E-state index in [0.29, 0.717) is 23.7 Å². The third-order valence-corrected chi connectivity index (χ3v) is 4.14. The Hall–Kier alpha value is -0.0800. The maximum absolute atomic E-state index is 5.78. The maximum Gasteiger partial charge on any atom is 0.0565 e. The summed E-state index contributed by atoms with van der Waals surface area (Å²) in [6, 6.07) is 1.43. The van der Waals surface area contributed by atoms with Gasteiger partial charge >= 0.3 is 0 Å². The number of hydrogen-bond donors (Lipinski definition) is 1. The van der Waals surface area contributed by atoms with Crippen molar-refractivity contribution in [1.82, 2.24) is 5.32 Å². The minimum Gasteiger partial charge on any atom is -0.375 e. The van der Waals surface area contributed by atoms with Crippen LogP contribution in [0.15, 0.2) is 0 Å². The van der Waals surface area contributed by atoms with Crippen molar-refractivity contribution in [2.75, 3.05) is 0 Å². The summed E-state index contributed by atoms with van der Waals surface area (Å²) in [6.45, 7) is 9.18. The second kappa shape index (κ2) is 4.66. The fourth-order valence-corrected chi connectivity index (χ4v) is 3.45. The molecule has 0 radical (unpaired) electrons. The predicted octanol–water partition coefficient (Wildman–Crippen LogP) is 3.11. The van der Waals surface area contributed by atoms with Crippen LogP contribution in [0.2, 0.25) is 0 Å². The SMILES string of the molecule is CC1CC(NC2CCC(C)(C)C2)CC(C)O1. The number of ether oxygens (including phenoxy) is 1. The van der Waals surface area contributed by atoms with Crippen LogP contribution in [0.5, 0.6) is 0 Å². The molecule has 0 aromatic carbocycles. The predicted molar refractivity (Wildman–Crippen MR) is 67.6 cm³/mol. The highest BCUT2D eigenvalue weighted by Crippen LogP contribution is 2.37. The second-order valence-electron chi connectivity index (χ2n) is 6.70. The third-order valence-electron chi connectivity index (χ3n) is 4.14. The molecule has 0 aromatic rings. The van der Waals surface area contributed by atoms with Crippen LogP contribution in [0.1, 0.15) is 59.8 Å². The van der Waals surface area contributed by atoms with Crippen LogP contribution in [0.4, 0.5) is 0 Å². The van der Waals surface area contributed by atoms with E-state index in [1.807, 2.05) is 0 Å². The molecule has 0 bridgehead atoms. The largest absolute Gasteiger partial charge is 0.375 e. The van der Waals surface area contributed by atoms with Gasteiger partial charge in [0.15, 0.2) is 0 Å². The molecule has 3 atom stereocenters. The summed E-state index contributed by atoms with van der Waals surface area (Å²) in [5.74, 6) is 0. The topological polar surface area (TPSA) is 21.3 Å². The van der Waals surface area contributed by atoms with Gasteiger partial charge in [0.05, 0.1) is 12.2 Å². The molecule has 16 heavy (non-hydrogen) atoms. The molecule has 1 N–H and O–H groups in total. The molecular weight excluding hydrogens is 198 g/mol. The summed E-state index contributed by atoms with van der Waals surface area (Å²) >= 11 is 0. The highest BCUT2D eigenvalue weighted by atomic mass is 16.5. The third kappa shape index (κ3) is 3.21. The van der Waals surface area contributed by atoms with Gasteiger partial charge in [-0.25, -0.2) is 0 Å². The lowest BCUT2D eigenvalue weighted by Gasteiger charge is -2.34. The average Bonchev–Trinajstić information content (AvgIpc) is 2.43. The lowest BCUT2D eigenvalue weighted by molar-refractivity contribution is -0.0435. The van der Waals surface area contributed by atoms with Crippen LogP contribution in [0.3, 0.4) is 0 Å². The monoisotopic (exact) mass is 225 g/mol. The van der Waals surface area contributed by atoms with Gasteiger partial charge in [0.1, 0.15) is 0 Å². The summed E-state index contributed by atoms with van der Waals surface area (Å²) in [6.07, 6.45) is 7.29. The summed E-state index contributed by atoms with van der Waals surface area (Å²) in [4.78, 5) is 0. The van der Waals surface area contributed by atoms with Crippen molar-refractivity contribution in [3.63, 3.8) is 0 Å². The van der Waals surface area contributed by atoms with Gasteiger partial charge in [0, 0.05) is 12.1 Å². The van der Waals surface area contributed by atoms with E-state index in [4.69, 9.17) is 4.74 Å². The maximum atomic E-state index is 5.78. The second-order valence-corrected chi connectivity index (χ2v) is 6.70. The summed E-state index contributed by atoms with van der Waals surface area (Å²) in [5.41, 5.74) is 0.556. The van der Waals surface area contributed by atoms with Crippen LogP contribution in [0.25, 0.3) is 0 Å². The van der Waals surface area contributed by atoms with Crippen molar-refractivity contribution < 1.29 is 4.74 Å². The Kier molecular flexibility index (Phi) is 3.60. The zero-order valence-corrected chi connectivity index (χ0v) is 11.3. The van der Waals surface area contributed by atoms with Gasteiger partial charge in [-0.2, -0.15) is 0 Å². The highest BCUT2D eigenvalue weighted by Gasteiger charge is 2.33. The van der Waals surface area contributed by atoms with Crippen molar-refractivity contribution in [3.05, 3.63) is 0 Å². The van der Waals surface area contributed by atoms with Crippen LogP contribution in [-0.4, -0.2) is 24.3 Å². The van der Waals surface area contributed by atoms with Crippen molar-refractivity contribution in [3.8, 4) is 0 Å². The zero-order chi connectivity index (χ0) is 11.8. The first kappa shape index (κ1) is 12.4. The van der Waals surface area contributed by atoms with Crippen molar-refractivity contribution in [2.45, 2.75) is 84.1 Å². The van der Waals surface area contributed by atoms with Crippen LogP contribution in [-0.2, 0) is 4.74 Å². The molecule has 2 aliphatic rings. The Bertz CT molecular complexity index is 229. The van der Waals surface area contributed by atoms with Gasteiger partial charge in [-0.05, 0) is 51.4 Å². The van der Waals surface area contributed by atoms with E-state index in [0.717, 1.165) is 6.04 Å². The van der Waals surface area contributed by atoms with Crippen LogP contribution < -0.4 is 5.32 Å². The number of hydrogen-bond acceptors (Lipinski definition) is 2. The van der Waals surface area contributed by atoms with Crippen LogP contribution >= 0.6 is 0 Å². The van der Waals surface area contributed by atoms with Gasteiger partial charge < -0.3 is 10.1 Å². The van der Waals surface area contributed by atoms with Gasteiger partial charge in [-0.3, -0.25) is 0 Å². The van der Waals surface area contributed by atoms with Crippen LogP contribution in [0, 0.1) is 5.41 Å². The molecule has 0 amide bonds.